The molecule has 0 unspecified atom stereocenters. The lowest BCUT2D eigenvalue weighted by Gasteiger charge is -2.41. The van der Waals surface area contributed by atoms with Crippen molar-refractivity contribution in [1.82, 2.24) is 24.8 Å². The second-order valence-electron chi connectivity index (χ2n) is 12.6. The molecule has 0 spiro atoms. The Labute approximate surface area is 257 Å². The van der Waals surface area contributed by atoms with Crippen molar-refractivity contribution in [3.63, 3.8) is 0 Å². The van der Waals surface area contributed by atoms with Crippen LogP contribution in [0.3, 0.4) is 0 Å². The fourth-order valence-corrected chi connectivity index (χ4v) is 7.83. The van der Waals surface area contributed by atoms with Gasteiger partial charge >= 0.3 is 6.01 Å². The van der Waals surface area contributed by atoms with Gasteiger partial charge in [0.05, 0.1) is 35.2 Å². The van der Waals surface area contributed by atoms with Crippen LogP contribution in [0.25, 0.3) is 22.3 Å². The van der Waals surface area contributed by atoms with Crippen molar-refractivity contribution in [3.05, 3.63) is 54.1 Å². The molecule has 44 heavy (non-hydrogen) atoms. The van der Waals surface area contributed by atoms with Gasteiger partial charge in [0.25, 0.3) is 0 Å². The zero-order chi connectivity index (χ0) is 30.3. The average molecular weight is 596 g/mol. The number of hydrogen-bond donors (Lipinski definition) is 0. The number of fused-ring (bicyclic) bond motifs is 3. The molecule has 9 nitrogen and oxygen atoms in total. The summed E-state index contributed by atoms with van der Waals surface area (Å²) in [6.45, 7) is 6.71. The quantitative estimate of drug-likeness (QED) is 0.365. The highest BCUT2D eigenvalue weighted by atomic mass is 19.1. The maximum Gasteiger partial charge on any atom is 0.320 e. The third-order valence-electron chi connectivity index (χ3n) is 9.99. The molecule has 3 aromatic rings. The van der Waals surface area contributed by atoms with E-state index in [4.69, 9.17) is 19.7 Å². The number of carbonyl (C=O) groups excluding carboxylic acids is 1. The molecule has 1 aliphatic carbocycles. The fourth-order valence-electron chi connectivity index (χ4n) is 7.83. The highest BCUT2D eigenvalue weighted by Crippen LogP contribution is 2.41. The number of hydrogen-bond acceptors (Lipinski definition) is 8. The van der Waals surface area contributed by atoms with Crippen LogP contribution in [0.2, 0.25) is 0 Å². The van der Waals surface area contributed by atoms with Gasteiger partial charge in [-0.3, -0.25) is 9.69 Å². The average Bonchev–Trinajstić information content (AvgIpc) is 3.58. The number of aryl methyl sites for hydroxylation is 1. The minimum atomic E-state index is -0.848. The van der Waals surface area contributed by atoms with E-state index in [9.17, 15) is 14.4 Å². The van der Waals surface area contributed by atoms with Crippen LogP contribution in [0.1, 0.15) is 49.7 Å². The summed E-state index contributed by atoms with van der Waals surface area (Å²) in [4.78, 5) is 33.4. The van der Waals surface area contributed by atoms with Crippen LogP contribution < -0.4 is 9.64 Å². The van der Waals surface area contributed by atoms with Crippen molar-refractivity contribution in [2.45, 2.75) is 69.1 Å². The highest BCUT2D eigenvalue weighted by molar-refractivity contribution is 5.90. The summed E-state index contributed by atoms with van der Waals surface area (Å²) in [7, 11) is 0. The molecule has 5 heterocycles. The summed E-state index contributed by atoms with van der Waals surface area (Å²) < 4.78 is 20.8. The van der Waals surface area contributed by atoms with E-state index in [1.807, 2.05) is 12.1 Å². The van der Waals surface area contributed by atoms with E-state index < -0.39 is 6.17 Å². The van der Waals surface area contributed by atoms with Crippen LogP contribution in [0.5, 0.6) is 6.01 Å². The second-order valence-corrected chi connectivity index (χ2v) is 12.6. The zero-order valence-corrected chi connectivity index (χ0v) is 25.1. The number of nitrogens with zero attached hydrogens (tertiary/aromatic N) is 7. The lowest BCUT2D eigenvalue weighted by molar-refractivity contribution is -0.128. The number of anilines is 1. The van der Waals surface area contributed by atoms with Crippen LogP contribution in [-0.4, -0.2) is 87.7 Å². The Morgan fingerprint density at radius 2 is 2.00 bits per heavy atom. The monoisotopic (exact) mass is 595 g/mol. The Morgan fingerprint density at radius 3 is 2.86 bits per heavy atom. The molecule has 2 aromatic heterocycles. The smallest absolute Gasteiger partial charge is 0.320 e. The third kappa shape index (κ3) is 5.17. The summed E-state index contributed by atoms with van der Waals surface area (Å²) in [5.41, 5.74) is 4.96. The van der Waals surface area contributed by atoms with E-state index in [2.05, 4.69) is 40.6 Å². The van der Waals surface area contributed by atoms with E-state index in [-0.39, 0.29) is 29.9 Å². The molecule has 1 amide bonds. The van der Waals surface area contributed by atoms with E-state index in [1.165, 1.54) is 30.0 Å². The van der Waals surface area contributed by atoms with Gasteiger partial charge in [-0.1, -0.05) is 24.8 Å². The van der Waals surface area contributed by atoms with E-state index in [1.54, 1.807) is 4.90 Å². The van der Waals surface area contributed by atoms with Gasteiger partial charge in [-0.05, 0) is 74.4 Å². The molecule has 3 atom stereocenters. The first-order valence-corrected chi connectivity index (χ1v) is 15.8. The number of halogens is 1. The van der Waals surface area contributed by atoms with E-state index in [0.29, 0.717) is 50.7 Å². The predicted molar refractivity (Wildman–Crippen MR) is 166 cm³/mol. The van der Waals surface area contributed by atoms with Gasteiger partial charge in [0.1, 0.15) is 18.6 Å². The van der Waals surface area contributed by atoms with Crippen LogP contribution >= 0.6 is 0 Å². The number of pyridine rings is 1. The molecule has 4 aliphatic rings. The topological polar surface area (TPSA) is 98.5 Å². The zero-order valence-electron chi connectivity index (χ0n) is 25.1. The normalized spacial score (nSPS) is 25.0. The number of benzene rings is 1. The predicted octanol–water partition coefficient (Wildman–Crippen LogP) is 4.64. The summed E-state index contributed by atoms with van der Waals surface area (Å²) in [5, 5.41) is 10.3. The number of rotatable bonds is 7. The van der Waals surface area contributed by atoms with Crippen LogP contribution in [0, 0.1) is 11.3 Å². The second kappa shape index (κ2) is 11.8. The molecule has 1 aromatic carbocycles. The minimum Gasteiger partial charge on any atom is -0.461 e. The Bertz CT molecular complexity index is 1640. The molecule has 3 saturated heterocycles. The maximum atomic E-state index is 14.5. The van der Waals surface area contributed by atoms with Crippen molar-refractivity contribution in [2.24, 2.45) is 0 Å². The molecule has 0 bridgehead atoms. The molecular formula is C34H38FN7O2. The number of piperazine rings is 1. The van der Waals surface area contributed by atoms with Crippen molar-refractivity contribution in [3.8, 4) is 23.3 Å². The van der Waals surface area contributed by atoms with Gasteiger partial charge in [0, 0.05) is 38.2 Å². The van der Waals surface area contributed by atoms with E-state index >= 15 is 0 Å². The number of carbonyl (C=O) groups is 1. The summed E-state index contributed by atoms with van der Waals surface area (Å²) >= 11 is 0. The van der Waals surface area contributed by atoms with Crippen molar-refractivity contribution in [1.29, 1.82) is 5.26 Å². The van der Waals surface area contributed by atoms with Crippen molar-refractivity contribution >= 4 is 22.8 Å². The highest BCUT2D eigenvalue weighted by Gasteiger charge is 2.49. The molecule has 0 radical (unpaired) electrons. The number of nitriles is 1. The van der Waals surface area contributed by atoms with E-state index in [0.717, 1.165) is 48.9 Å². The number of alkyl halides is 1. The molecule has 3 fully saturated rings. The lowest BCUT2D eigenvalue weighted by atomic mass is 9.87. The summed E-state index contributed by atoms with van der Waals surface area (Å²) in [6, 6.07) is 12.7. The van der Waals surface area contributed by atoms with Gasteiger partial charge in [-0.2, -0.15) is 15.2 Å². The standard InChI is InChI=1S/C34H38FN7O2/c1-2-30(43)42-18-17-40(21-25(42)13-15-36)32-28-11-12-29(27-10-5-8-23-7-3-4-9-26(23)27)37-31(28)38-33(39-32)44-22-34-14-6-16-41(34)20-24(35)19-34/h2,5,8,10-12,24-25H,1,3-4,6-7,9,13-14,16-22H2/t24-,25+,34+/m1/s1. The molecular weight excluding hydrogens is 557 g/mol. The van der Waals surface area contributed by atoms with Crippen LogP contribution in [0.4, 0.5) is 10.2 Å². The maximum absolute atomic E-state index is 14.5. The molecule has 228 valence electrons. The number of amides is 1. The van der Waals surface area contributed by atoms with Gasteiger partial charge in [-0.25, -0.2) is 9.37 Å². The molecule has 7 rings (SSSR count). The van der Waals surface area contributed by atoms with Crippen molar-refractivity contribution in [2.75, 3.05) is 44.2 Å². The Balaban J connectivity index is 1.27. The SMILES string of the molecule is C=CC(=O)N1CCN(c2nc(OC[C@@]34CCCN3C[C@H](F)C4)nc3nc(-c4cccc5c4CCCC5)ccc23)C[C@@H]1CC#N. The molecule has 0 saturated carbocycles. The van der Waals surface area contributed by atoms with Gasteiger partial charge in [0.15, 0.2) is 5.65 Å². The van der Waals surface area contributed by atoms with Crippen LogP contribution in [-0.2, 0) is 17.6 Å². The largest absolute Gasteiger partial charge is 0.461 e. The first kappa shape index (κ1) is 28.7. The summed E-state index contributed by atoms with van der Waals surface area (Å²) in [6.07, 6.45) is 7.54. The number of aromatic nitrogens is 3. The number of ether oxygens (including phenoxy) is 1. The fraction of sp³-hybridized carbons (Fsp3) is 0.500. The van der Waals surface area contributed by atoms with Gasteiger partial charge in [-0.15, -0.1) is 0 Å². The Morgan fingerprint density at radius 1 is 1.11 bits per heavy atom. The Kier molecular flexibility index (Phi) is 7.67. The van der Waals surface area contributed by atoms with Crippen LogP contribution in [0.15, 0.2) is 43.0 Å². The first-order valence-electron chi connectivity index (χ1n) is 15.8. The van der Waals surface area contributed by atoms with Crippen molar-refractivity contribution < 1.29 is 13.9 Å². The first-order chi connectivity index (χ1) is 21.5. The third-order valence-corrected chi connectivity index (χ3v) is 9.99. The molecule has 10 heteroatoms. The Hall–Kier alpha value is -4.10. The molecule has 3 aliphatic heterocycles. The minimum absolute atomic E-state index is 0.179. The summed E-state index contributed by atoms with van der Waals surface area (Å²) in [5.74, 6) is 0.491. The van der Waals surface area contributed by atoms with Gasteiger partial charge < -0.3 is 14.5 Å². The van der Waals surface area contributed by atoms with Gasteiger partial charge in [0.2, 0.25) is 5.91 Å². The lowest BCUT2D eigenvalue weighted by Crippen LogP contribution is -2.55. The molecule has 0 N–H and O–H groups in total.